The second-order valence-corrected chi connectivity index (χ2v) is 5.51. The molecule has 1 amide bonds. The predicted molar refractivity (Wildman–Crippen MR) is 68.8 cm³/mol. The maximum atomic E-state index is 11.8. The van der Waals surface area contributed by atoms with Gasteiger partial charge in [-0.1, -0.05) is 11.3 Å². The van der Waals surface area contributed by atoms with Crippen molar-refractivity contribution in [2.45, 2.75) is 18.6 Å². The van der Waals surface area contributed by atoms with Crippen LogP contribution in [-0.2, 0) is 14.3 Å². The van der Waals surface area contributed by atoms with Gasteiger partial charge in [-0.3, -0.25) is 15.0 Å². The fourth-order valence-corrected chi connectivity index (χ4v) is 2.89. The zero-order valence-corrected chi connectivity index (χ0v) is 11.3. The molecular weight excluding hydrogens is 268 g/mol. The predicted octanol–water partition coefficient (Wildman–Crippen LogP) is 0.315. The molecule has 0 aromatic carbocycles. The van der Waals surface area contributed by atoms with Gasteiger partial charge in [0.2, 0.25) is 11.0 Å². The average Bonchev–Trinajstić information content (AvgIpc) is 3.05. The monoisotopic (exact) mass is 284 g/mol. The molecular formula is C11H16N4O3S. The van der Waals surface area contributed by atoms with Crippen LogP contribution in [-0.4, -0.2) is 59.6 Å². The molecule has 7 nitrogen and oxygen atoms in total. The Labute approximate surface area is 114 Å². The van der Waals surface area contributed by atoms with Gasteiger partial charge in [0.05, 0.1) is 19.8 Å². The van der Waals surface area contributed by atoms with Crippen molar-refractivity contribution < 1.29 is 14.3 Å². The van der Waals surface area contributed by atoms with Crippen molar-refractivity contribution in [2.75, 3.05) is 38.2 Å². The highest BCUT2D eigenvalue weighted by atomic mass is 32.1. The van der Waals surface area contributed by atoms with Gasteiger partial charge in [0.1, 0.15) is 5.51 Å². The van der Waals surface area contributed by atoms with Crippen LogP contribution < -0.4 is 5.32 Å². The van der Waals surface area contributed by atoms with Crippen LogP contribution in [0.4, 0.5) is 5.13 Å². The number of piperidine rings is 1. The number of nitrogens with zero attached hydrogens (tertiary/aromatic N) is 3. The van der Waals surface area contributed by atoms with Crippen molar-refractivity contribution in [3.8, 4) is 0 Å². The number of ether oxygens (including phenoxy) is 2. The first kappa shape index (κ1) is 12.9. The van der Waals surface area contributed by atoms with E-state index in [1.54, 1.807) is 5.51 Å². The van der Waals surface area contributed by atoms with E-state index in [4.69, 9.17) is 9.47 Å². The lowest BCUT2D eigenvalue weighted by Crippen LogP contribution is -2.47. The molecule has 0 unspecified atom stereocenters. The van der Waals surface area contributed by atoms with Crippen molar-refractivity contribution >= 4 is 22.4 Å². The Hall–Kier alpha value is -1.09. The fourth-order valence-electron chi connectivity index (χ4n) is 2.43. The largest absolute Gasteiger partial charge is 0.347 e. The van der Waals surface area contributed by atoms with Gasteiger partial charge >= 0.3 is 0 Å². The number of anilines is 1. The molecule has 2 saturated heterocycles. The van der Waals surface area contributed by atoms with Crippen molar-refractivity contribution in [2.24, 2.45) is 0 Å². The summed E-state index contributed by atoms with van der Waals surface area (Å²) in [5, 5.41) is 10.7. The Morgan fingerprint density at radius 3 is 2.79 bits per heavy atom. The minimum Gasteiger partial charge on any atom is -0.347 e. The van der Waals surface area contributed by atoms with E-state index in [1.165, 1.54) is 11.3 Å². The molecule has 19 heavy (non-hydrogen) atoms. The van der Waals surface area contributed by atoms with Gasteiger partial charge in [-0.25, -0.2) is 0 Å². The molecule has 0 aliphatic carbocycles. The summed E-state index contributed by atoms with van der Waals surface area (Å²) in [5.74, 6) is -0.437. The van der Waals surface area contributed by atoms with Crippen LogP contribution in [0.5, 0.6) is 0 Å². The van der Waals surface area contributed by atoms with Gasteiger partial charge in [-0.15, -0.1) is 10.2 Å². The first-order valence-electron chi connectivity index (χ1n) is 6.32. The van der Waals surface area contributed by atoms with E-state index in [-0.39, 0.29) is 11.7 Å². The minimum atomic E-state index is -0.383. The van der Waals surface area contributed by atoms with Gasteiger partial charge in [-0.05, 0) is 0 Å². The molecule has 8 heteroatoms. The van der Waals surface area contributed by atoms with E-state index < -0.39 is 0 Å². The number of rotatable bonds is 3. The zero-order chi connectivity index (χ0) is 13.1. The van der Waals surface area contributed by atoms with Crippen LogP contribution in [0, 0.1) is 0 Å². The number of likely N-dealkylation sites (tertiary alicyclic amines) is 1. The molecule has 1 aromatic heterocycles. The topological polar surface area (TPSA) is 76.6 Å². The van der Waals surface area contributed by atoms with Gasteiger partial charge in [0, 0.05) is 25.9 Å². The maximum absolute atomic E-state index is 11.8. The van der Waals surface area contributed by atoms with Gasteiger partial charge in [0.15, 0.2) is 5.79 Å². The number of carbonyl (C=O) groups is 1. The molecule has 3 heterocycles. The summed E-state index contributed by atoms with van der Waals surface area (Å²) in [6, 6.07) is 0. The van der Waals surface area contributed by atoms with Crippen LogP contribution in [0.25, 0.3) is 0 Å². The van der Waals surface area contributed by atoms with Crippen molar-refractivity contribution in [3.05, 3.63) is 5.51 Å². The summed E-state index contributed by atoms with van der Waals surface area (Å²) >= 11 is 1.32. The summed E-state index contributed by atoms with van der Waals surface area (Å²) in [6.07, 6.45) is 1.64. The summed E-state index contributed by atoms with van der Waals surface area (Å²) in [7, 11) is 0. The number of carbonyl (C=O) groups excluding carboxylic acids is 1. The molecule has 1 aromatic rings. The molecule has 1 N–H and O–H groups in total. The lowest BCUT2D eigenvalue weighted by molar-refractivity contribution is -0.185. The quantitative estimate of drug-likeness (QED) is 0.861. The maximum Gasteiger partial charge on any atom is 0.240 e. The number of hydrogen-bond donors (Lipinski definition) is 1. The van der Waals surface area contributed by atoms with Crippen LogP contribution in [0.15, 0.2) is 5.51 Å². The molecule has 0 bridgehead atoms. The third kappa shape index (κ3) is 3.08. The lowest BCUT2D eigenvalue weighted by atomic mass is 10.0. The first-order chi connectivity index (χ1) is 9.26. The normalized spacial score (nSPS) is 22.7. The SMILES string of the molecule is O=C(CN1CCC2(CC1)OCCO2)Nc1nncs1. The molecule has 3 rings (SSSR count). The zero-order valence-electron chi connectivity index (χ0n) is 10.5. The summed E-state index contributed by atoms with van der Waals surface area (Å²) < 4.78 is 11.3. The lowest BCUT2D eigenvalue weighted by Gasteiger charge is -2.37. The third-order valence-corrected chi connectivity index (χ3v) is 4.01. The van der Waals surface area contributed by atoms with E-state index in [9.17, 15) is 4.79 Å². The minimum absolute atomic E-state index is 0.0547. The Kier molecular flexibility index (Phi) is 3.74. The molecule has 0 atom stereocenters. The van der Waals surface area contributed by atoms with Crippen LogP contribution >= 0.6 is 11.3 Å². The smallest absolute Gasteiger partial charge is 0.240 e. The highest BCUT2D eigenvalue weighted by molar-refractivity contribution is 7.13. The van der Waals surface area contributed by atoms with E-state index in [0.717, 1.165) is 25.9 Å². The van der Waals surface area contributed by atoms with E-state index in [2.05, 4.69) is 20.4 Å². The third-order valence-electron chi connectivity index (χ3n) is 3.41. The van der Waals surface area contributed by atoms with Crippen LogP contribution in [0.1, 0.15) is 12.8 Å². The molecule has 1 spiro atoms. The van der Waals surface area contributed by atoms with Gasteiger partial charge in [0.25, 0.3) is 0 Å². The van der Waals surface area contributed by atoms with E-state index in [0.29, 0.717) is 24.9 Å². The molecule has 104 valence electrons. The number of hydrogen-bond acceptors (Lipinski definition) is 7. The van der Waals surface area contributed by atoms with E-state index in [1.807, 2.05) is 0 Å². The standard InChI is InChI=1S/C11H16N4O3S/c16-9(13-10-14-12-8-19-10)7-15-3-1-11(2-4-15)17-5-6-18-11/h8H,1-7H2,(H,13,14,16). The summed E-state index contributed by atoms with van der Waals surface area (Å²) in [5.41, 5.74) is 1.59. The Morgan fingerprint density at radius 2 is 2.16 bits per heavy atom. The van der Waals surface area contributed by atoms with Crippen LogP contribution in [0.2, 0.25) is 0 Å². The highest BCUT2D eigenvalue weighted by Gasteiger charge is 2.39. The molecule has 2 aliphatic heterocycles. The number of amides is 1. The number of aromatic nitrogens is 2. The molecule has 0 saturated carbocycles. The average molecular weight is 284 g/mol. The summed E-state index contributed by atoms with van der Waals surface area (Å²) in [4.78, 5) is 13.9. The van der Waals surface area contributed by atoms with Crippen molar-refractivity contribution in [3.63, 3.8) is 0 Å². The molecule has 0 radical (unpaired) electrons. The van der Waals surface area contributed by atoms with E-state index >= 15 is 0 Å². The fraction of sp³-hybridized carbons (Fsp3) is 0.727. The molecule has 2 aliphatic rings. The Bertz CT molecular complexity index is 423. The number of nitrogens with one attached hydrogen (secondary N) is 1. The second kappa shape index (κ2) is 5.49. The summed E-state index contributed by atoms with van der Waals surface area (Å²) in [6.45, 7) is 3.35. The van der Waals surface area contributed by atoms with Gasteiger partial charge < -0.3 is 9.47 Å². The van der Waals surface area contributed by atoms with Crippen molar-refractivity contribution in [1.29, 1.82) is 0 Å². The van der Waals surface area contributed by atoms with Gasteiger partial charge in [-0.2, -0.15) is 0 Å². The molecule has 2 fully saturated rings. The Morgan fingerprint density at radius 1 is 1.42 bits per heavy atom. The van der Waals surface area contributed by atoms with Crippen molar-refractivity contribution in [1.82, 2.24) is 15.1 Å². The highest BCUT2D eigenvalue weighted by Crippen LogP contribution is 2.31. The Balaban J connectivity index is 1.45. The van der Waals surface area contributed by atoms with Crippen LogP contribution in [0.3, 0.4) is 0 Å². The second-order valence-electron chi connectivity index (χ2n) is 4.68. The first-order valence-corrected chi connectivity index (χ1v) is 7.20.